The molecule has 0 aliphatic heterocycles. The lowest BCUT2D eigenvalue weighted by Crippen LogP contribution is -2.51. The summed E-state index contributed by atoms with van der Waals surface area (Å²) in [5.74, 6) is -0.373. The largest absolute Gasteiger partial charge is 0.460 e. The number of carbonyl (C=O) groups excluding carboxylic acids is 1. The summed E-state index contributed by atoms with van der Waals surface area (Å²) in [5, 5.41) is 0. The third-order valence-electron chi connectivity index (χ3n) is 2.01. The van der Waals surface area contributed by atoms with E-state index in [9.17, 15) is 4.79 Å². The van der Waals surface area contributed by atoms with Crippen LogP contribution < -0.4 is 0 Å². The summed E-state index contributed by atoms with van der Waals surface area (Å²) in [6.45, 7) is 15.9. The summed E-state index contributed by atoms with van der Waals surface area (Å²) in [7, 11) is -3.52. The monoisotopic (exact) mass is 246 g/mol. The molecule has 1 unspecified atom stereocenters. The van der Waals surface area contributed by atoms with E-state index >= 15 is 0 Å². The predicted octanol–water partition coefficient (Wildman–Crippen LogP) is 2.70. The van der Waals surface area contributed by atoms with Crippen molar-refractivity contribution in [3.8, 4) is 0 Å². The molecule has 0 aliphatic carbocycles. The highest BCUT2D eigenvalue weighted by Crippen LogP contribution is 2.19. The number of rotatable bonds is 5. The summed E-state index contributed by atoms with van der Waals surface area (Å²) in [6, 6.07) is 0. The number of esters is 1. The van der Waals surface area contributed by atoms with Gasteiger partial charge in [-0.15, -0.1) is 0 Å². The smallest absolute Gasteiger partial charge is 0.330 e. The molecule has 88 valence electrons. The molecule has 0 bridgehead atoms. The van der Waals surface area contributed by atoms with E-state index in [0.29, 0.717) is 0 Å². The Morgan fingerprint density at radius 1 is 1.27 bits per heavy atom. The molecule has 0 spiro atoms. The maximum Gasteiger partial charge on any atom is 0.330 e. The first-order chi connectivity index (χ1) is 6.58. The molecule has 5 heteroatoms. The van der Waals surface area contributed by atoms with Gasteiger partial charge >= 0.3 is 5.97 Å². The topological polar surface area (TPSA) is 35.5 Å². The molecule has 0 aromatic heterocycles. The lowest BCUT2D eigenvalue weighted by atomic mass is 10.6. The van der Waals surface area contributed by atoms with Crippen molar-refractivity contribution in [3.63, 3.8) is 0 Å². The van der Waals surface area contributed by atoms with E-state index in [1.165, 1.54) is 6.08 Å². The van der Waals surface area contributed by atoms with Crippen molar-refractivity contribution in [3.05, 3.63) is 12.7 Å². The van der Waals surface area contributed by atoms with Crippen molar-refractivity contribution in [2.75, 3.05) is 0 Å². The van der Waals surface area contributed by atoms with Crippen LogP contribution in [0.15, 0.2) is 12.7 Å². The highest BCUT2D eigenvalue weighted by molar-refractivity contribution is 6.84. The summed E-state index contributed by atoms with van der Waals surface area (Å²) in [6.07, 6.45) is 1.19. The van der Waals surface area contributed by atoms with Crippen LogP contribution in [-0.2, 0) is 13.6 Å². The van der Waals surface area contributed by atoms with Crippen molar-refractivity contribution in [1.82, 2.24) is 0 Å². The Labute approximate surface area is 94.7 Å². The highest BCUT2D eigenvalue weighted by Gasteiger charge is 2.37. The Balaban J connectivity index is 4.44. The summed E-state index contributed by atoms with van der Waals surface area (Å²) >= 11 is 0. The van der Waals surface area contributed by atoms with Crippen LogP contribution in [0.2, 0.25) is 32.7 Å². The first kappa shape index (κ1) is 14.6. The zero-order chi connectivity index (χ0) is 12.3. The van der Waals surface area contributed by atoms with Crippen LogP contribution >= 0.6 is 0 Å². The number of carbonyl (C=O) groups is 1. The minimum atomic E-state index is -1.95. The molecule has 0 rings (SSSR count). The van der Waals surface area contributed by atoms with Crippen molar-refractivity contribution >= 4 is 22.6 Å². The first-order valence-electron chi connectivity index (χ1n) is 5.12. The second kappa shape index (κ2) is 5.09. The van der Waals surface area contributed by atoms with Gasteiger partial charge in [-0.05, 0) is 39.7 Å². The molecular weight excluding hydrogens is 224 g/mol. The van der Waals surface area contributed by atoms with Gasteiger partial charge in [0.2, 0.25) is 8.32 Å². The molecule has 1 atom stereocenters. The molecule has 0 N–H and O–H groups in total. The maximum absolute atomic E-state index is 11.1. The quantitative estimate of drug-likeness (QED) is 0.425. The van der Waals surface area contributed by atoms with Crippen LogP contribution in [0.4, 0.5) is 0 Å². The van der Waals surface area contributed by atoms with Crippen LogP contribution in [0.3, 0.4) is 0 Å². The molecule has 3 nitrogen and oxygen atoms in total. The molecule has 0 aliphatic rings. The average molecular weight is 246 g/mol. The van der Waals surface area contributed by atoms with Crippen molar-refractivity contribution < 1.29 is 13.6 Å². The Morgan fingerprint density at radius 2 is 1.73 bits per heavy atom. The van der Waals surface area contributed by atoms with E-state index in [4.69, 9.17) is 8.85 Å². The van der Waals surface area contributed by atoms with E-state index in [1.54, 1.807) is 0 Å². The second-order valence-corrected chi connectivity index (χ2v) is 14.2. The Kier molecular flexibility index (Phi) is 4.96. The summed E-state index contributed by atoms with van der Waals surface area (Å²) < 4.78 is 11.3. The van der Waals surface area contributed by atoms with Gasteiger partial charge in [-0.25, -0.2) is 4.79 Å². The maximum atomic E-state index is 11.1. The minimum absolute atomic E-state index is 0.144. The van der Waals surface area contributed by atoms with Crippen molar-refractivity contribution in [2.24, 2.45) is 0 Å². The predicted molar refractivity (Wildman–Crippen MR) is 67.7 cm³/mol. The highest BCUT2D eigenvalue weighted by atomic mass is 28.4. The third-order valence-corrected chi connectivity index (χ3v) is 8.64. The molecule has 0 saturated heterocycles. The van der Waals surface area contributed by atoms with Gasteiger partial charge in [0.1, 0.15) is 5.73 Å². The Bertz CT molecular complexity index is 244. The molecule has 0 aromatic rings. The van der Waals surface area contributed by atoms with Crippen LogP contribution in [0.5, 0.6) is 0 Å². The van der Waals surface area contributed by atoms with Crippen LogP contribution in [0.1, 0.15) is 6.92 Å². The summed E-state index contributed by atoms with van der Waals surface area (Å²) in [4.78, 5) is 11.1. The molecule has 15 heavy (non-hydrogen) atoms. The van der Waals surface area contributed by atoms with Crippen LogP contribution in [0, 0.1) is 0 Å². The zero-order valence-corrected chi connectivity index (χ0v) is 12.6. The number of hydrogen-bond acceptors (Lipinski definition) is 3. The van der Waals surface area contributed by atoms with Gasteiger partial charge in [-0.1, -0.05) is 6.58 Å². The average Bonchev–Trinajstić information content (AvgIpc) is 1.99. The lowest BCUT2D eigenvalue weighted by Gasteiger charge is -2.35. The fraction of sp³-hybridized carbons (Fsp3) is 0.700. The van der Waals surface area contributed by atoms with E-state index in [1.807, 2.05) is 6.92 Å². The first-order valence-corrected chi connectivity index (χ1v) is 11.5. The Hall–Kier alpha value is -0.396. The second-order valence-electron chi connectivity index (χ2n) is 5.10. The van der Waals surface area contributed by atoms with Gasteiger partial charge in [0.15, 0.2) is 8.32 Å². The molecule has 0 amide bonds. The standard InChI is InChI=1S/C10H22O3Si2/c1-8-10(11)12-9(2)15(6,7)13-14(3,4)5/h8-9H,1H2,2-7H3. The molecule has 0 radical (unpaired) electrons. The molecule has 0 saturated carbocycles. The van der Waals surface area contributed by atoms with E-state index in [2.05, 4.69) is 39.3 Å². The third kappa shape index (κ3) is 5.91. The zero-order valence-electron chi connectivity index (χ0n) is 10.6. The van der Waals surface area contributed by atoms with Gasteiger partial charge in [0.05, 0.1) is 0 Å². The fourth-order valence-corrected chi connectivity index (χ4v) is 8.61. The SMILES string of the molecule is C=CC(=O)OC(C)[Si](C)(C)O[Si](C)(C)C. The number of hydrogen-bond donors (Lipinski definition) is 0. The normalized spacial score (nSPS) is 14.5. The Morgan fingerprint density at radius 3 is 2.07 bits per heavy atom. The van der Waals surface area contributed by atoms with E-state index < -0.39 is 16.6 Å². The number of ether oxygens (including phenoxy) is 1. The molecular formula is C10H22O3Si2. The van der Waals surface area contributed by atoms with Gasteiger partial charge < -0.3 is 8.85 Å². The van der Waals surface area contributed by atoms with Gasteiger partial charge in [-0.3, -0.25) is 0 Å². The molecule has 0 aromatic carbocycles. The van der Waals surface area contributed by atoms with Crippen LogP contribution in [-0.4, -0.2) is 28.3 Å². The van der Waals surface area contributed by atoms with E-state index in [-0.39, 0.29) is 11.7 Å². The van der Waals surface area contributed by atoms with Gasteiger partial charge in [0.25, 0.3) is 0 Å². The lowest BCUT2D eigenvalue weighted by molar-refractivity contribution is -0.139. The minimum Gasteiger partial charge on any atom is -0.460 e. The molecule has 0 heterocycles. The fourth-order valence-electron chi connectivity index (χ4n) is 1.24. The molecule has 0 fully saturated rings. The van der Waals surface area contributed by atoms with Gasteiger partial charge in [0, 0.05) is 6.08 Å². The van der Waals surface area contributed by atoms with E-state index in [0.717, 1.165) is 0 Å². The van der Waals surface area contributed by atoms with Gasteiger partial charge in [-0.2, -0.15) is 0 Å². The van der Waals surface area contributed by atoms with Crippen molar-refractivity contribution in [1.29, 1.82) is 0 Å². The van der Waals surface area contributed by atoms with Crippen molar-refractivity contribution in [2.45, 2.75) is 45.4 Å². The van der Waals surface area contributed by atoms with Crippen LogP contribution in [0.25, 0.3) is 0 Å². The summed E-state index contributed by atoms with van der Waals surface area (Å²) in [5.41, 5.74) is -0.144.